The van der Waals surface area contributed by atoms with E-state index in [0.29, 0.717) is 27.3 Å². The fourth-order valence-electron chi connectivity index (χ4n) is 1.36. The van der Waals surface area contributed by atoms with Gasteiger partial charge in [0.05, 0.1) is 6.04 Å². The van der Waals surface area contributed by atoms with Crippen molar-refractivity contribution in [1.29, 1.82) is 0 Å². The van der Waals surface area contributed by atoms with Gasteiger partial charge in [0.2, 0.25) is 0 Å². The van der Waals surface area contributed by atoms with Crippen molar-refractivity contribution in [2.75, 3.05) is 0 Å². The SMILES string of the molecule is CCC(N)c1noc(-c2cc(Cl)cc(Cl)c2)n1. The van der Waals surface area contributed by atoms with Crippen molar-refractivity contribution in [2.45, 2.75) is 19.4 Å². The first kappa shape index (κ1) is 12.4. The Kier molecular flexibility index (Phi) is 3.66. The van der Waals surface area contributed by atoms with Crippen LogP contribution in [0.25, 0.3) is 11.5 Å². The molecule has 0 fully saturated rings. The molecule has 0 bridgehead atoms. The van der Waals surface area contributed by atoms with Crippen molar-refractivity contribution < 1.29 is 4.52 Å². The van der Waals surface area contributed by atoms with E-state index < -0.39 is 0 Å². The Hall–Kier alpha value is -1.10. The molecular weight excluding hydrogens is 261 g/mol. The number of rotatable bonds is 3. The first-order valence-electron chi connectivity index (χ1n) is 5.15. The Labute approximate surface area is 109 Å². The number of benzene rings is 1. The van der Waals surface area contributed by atoms with Crippen molar-refractivity contribution in [1.82, 2.24) is 10.1 Å². The summed E-state index contributed by atoms with van der Waals surface area (Å²) in [5, 5.41) is 4.87. The van der Waals surface area contributed by atoms with Crippen molar-refractivity contribution in [3.63, 3.8) is 0 Å². The lowest BCUT2D eigenvalue weighted by molar-refractivity contribution is 0.415. The third kappa shape index (κ3) is 2.77. The summed E-state index contributed by atoms with van der Waals surface area (Å²) in [5.41, 5.74) is 6.49. The summed E-state index contributed by atoms with van der Waals surface area (Å²) in [4.78, 5) is 4.21. The smallest absolute Gasteiger partial charge is 0.258 e. The molecule has 2 rings (SSSR count). The molecule has 0 amide bonds. The van der Waals surface area contributed by atoms with Gasteiger partial charge in [-0.1, -0.05) is 35.3 Å². The average molecular weight is 272 g/mol. The normalized spacial score (nSPS) is 12.7. The van der Waals surface area contributed by atoms with Crippen LogP contribution in [-0.2, 0) is 0 Å². The highest BCUT2D eigenvalue weighted by atomic mass is 35.5. The molecule has 1 atom stereocenters. The quantitative estimate of drug-likeness (QED) is 0.929. The van der Waals surface area contributed by atoms with Gasteiger partial charge in [0, 0.05) is 15.6 Å². The summed E-state index contributed by atoms with van der Waals surface area (Å²) >= 11 is 11.8. The molecule has 1 heterocycles. The molecule has 6 heteroatoms. The monoisotopic (exact) mass is 271 g/mol. The minimum absolute atomic E-state index is 0.220. The molecule has 0 saturated heterocycles. The van der Waals surface area contributed by atoms with E-state index in [1.165, 1.54) is 0 Å². The maximum Gasteiger partial charge on any atom is 0.258 e. The Morgan fingerprint density at radius 2 is 1.94 bits per heavy atom. The third-order valence-corrected chi connectivity index (χ3v) is 2.76. The van der Waals surface area contributed by atoms with E-state index in [4.69, 9.17) is 33.5 Å². The van der Waals surface area contributed by atoms with Gasteiger partial charge in [-0.05, 0) is 24.6 Å². The average Bonchev–Trinajstić information content (AvgIpc) is 2.76. The van der Waals surface area contributed by atoms with Crippen LogP contribution in [0.2, 0.25) is 10.0 Å². The highest BCUT2D eigenvalue weighted by Crippen LogP contribution is 2.26. The molecule has 2 N–H and O–H groups in total. The van der Waals surface area contributed by atoms with Crippen molar-refractivity contribution in [3.05, 3.63) is 34.1 Å². The van der Waals surface area contributed by atoms with Crippen molar-refractivity contribution in [2.24, 2.45) is 5.73 Å². The zero-order valence-corrected chi connectivity index (χ0v) is 10.7. The van der Waals surface area contributed by atoms with Crippen LogP contribution in [0, 0.1) is 0 Å². The second kappa shape index (κ2) is 5.04. The zero-order chi connectivity index (χ0) is 12.4. The van der Waals surface area contributed by atoms with Gasteiger partial charge in [-0.3, -0.25) is 0 Å². The number of nitrogens with zero attached hydrogens (tertiary/aromatic N) is 2. The van der Waals surface area contributed by atoms with E-state index in [1.54, 1.807) is 18.2 Å². The topological polar surface area (TPSA) is 64.9 Å². The van der Waals surface area contributed by atoms with Gasteiger partial charge < -0.3 is 10.3 Å². The summed E-state index contributed by atoms with van der Waals surface area (Å²) in [5.74, 6) is 0.854. The highest BCUT2D eigenvalue weighted by Gasteiger charge is 2.14. The number of aromatic nitrogens is 2. The summed E-state index contributed by atoms with van der Waals surface area (Å²) < 4.78 is 5.13. The molecule has 1 unspecified atom stereocenters. The van der Waals surface area contributed by atoms with E-state index in [1.807, 2.05) is 6.92 Å². The minimum atomic E-state index is -0.220. The van der Waals surface area contributed by atoms with E-state index in [9.17, 15) is 0 Å². The van der Waals surface area contributed by atoms with E-state index in [2.05, 4.69) is 10.1 Å². The molecule has 1 aromatic carbocycles. The van der Waals surface area contributed by atoms with Crippen LogP contribution in [0.1, 0.15) is 25.2 Å². The molecule has 0 saturated carbocycles. The van der Waals surface area contributed by atoms with Gasteiger partial charge in [0.15, 0.2) is 5.82 Å². The Balaban J connectivity index is 2.36. The van der Waals surface area contributed by atoms with Crippen LogP contribution in [0.4, 0.5) is 0 Å². The zero-order valence-electron chi connectivity index (χ0n) is 9.15. The fraction of sp³-hybridized carbons (Fsp3) is 0.273. The van der Waals surface area contributed by atoms with Crippen LogP contribution in [-0.4, -0.2) is 10.1 Å². The predicted octanol–water partition coefficient (Wildman–Crippen LogP) is 3.45. The third-order valence-electron chi connectivity index (χ3n) is 2.32. The largest absolute Gasteiger partial charge is 0.334 e. The van der Waals surface area contributed by atoms with Crippen LogP contribution in [0.5, 0.6) is 0 Å². The first-order valence-corrected chi connectivity index (χ1v) is 5.91. The maximum atomic E-state index is 5.90. The molecule has 0 aliphatic heterocycles. The van der Waals surface area contributed by atoms with Crippen LogP contribution < -0.4 is 5.73 Å². The lowest BCUT2D eigenvalue weighted by atomic mass is 10.2. The number of halogens is 2. The number of nitrogens with two attached hydrogens (primary N) is 1. The highest BCUT2D eigenvalue weighted by molar-refractivity contribution is 6.35. The molecule has 17 heavy (non-hydrogen) atoms. The predicted molar refractivity (Wildman–Crippen MR) is 67.0 cm³/mol. The Morgan fingerprint density at radius 3 is 2.53 bits per heavy atom. The van der Waals surface area contributed by atoms with Crippen LogP contribution in [0.15, 0.2) is 22.7 Å². The molecule has 0 spiro atoms. The van der Waals surface area contributed by atoms with Crippen molar-refractivity contribution in [3.8, 4) is 11.5 Å². The van der Waals surface area contributed by atoms with E-state index >= 15 is 0 Å². The second-order valence-corrected chi connectivity index (χ2v) is 4.50. The molecule has 0 aliphatic rings. The Morgan fingerprint density at radius 1 is 1.29 bits per heavy atom. The maximum absolute atomic E-state index is 5.90. The molecule has 0 radical (unpaired) electrons. The van der Waals surface area contributed by atoms with E-state index in [-0.39, 0.29) is 6.04 Å². The lowest BCUT2D eigenvalue weighted by Crippen LogP contribution is -2.10. The van der Waals surface area contributed by atoms with Gasteiger partial charge in [0.1, 0.15) is 0 Å². The summed E-state index contributed by atoms with van der Waals surface area (Å²) in [6.07, 6.45) is 0.745. The van der Waals surface area contributed by atoms with Gasteiger partial charge in [0.25, 0.3) is 5.89 Å². The lowest BCUT2D eigenvalue weighted by Gasteiger charge is -1.99. The molecular formula is C11H11Cl2N3O. The standard InChI is InChI=1S/C11H11Cl2N3O/c1-2-9(14)10-15-11(17-16-10)6-3-7(12)5-8(13)4-6/h3-5,9H,2,14H2,1H3. The van der Waals surface area contributed by atoms with Gasteiger partial charge in [-0.2, -0.15) is 4.98 Å². The van der Waals surface area contributed by atoms with Crippen LogP contribution in [0.3, 0.4) is 0 Å². The fourth-order valence-corrected chi connectivity index (χ4v) is 1.89. The number of hydrogen-bond acceptors (Lipinski definition) is 4. The first-order chi connectivity index (χ1) is 8.10. The van der Waals surface area contributed by atoms with Gasteiger partial charge in [-0.15, -0.1) is 0 Å². The summed E-state index contributed by atoms with van der Waals surface area (Å²) in [6, 6.07) is 4.84. The minimum Gasteiger partial charge on any atom is -0.334 e. The second-order valence-electron chi connectivity index (χ2n) is 3.63. The Bertz CT molecular complexity index is 507. The van der Waals surface area contributed by atoms with Crippen molar-refractivity contribution >= 4 is 23.2 Å². The van der Waals surface area contributed by atoms with Gasteiger partial charge in [-0.25, -0.2) is 0 Å². The molecule has 0 aliphatic carbocycles. The van der Waals surface area contributed by atoms with Crippen LogP contribution >= 0.6 is 23.2 Å². The molecule has 4 nitrogen and oxygen atoms in total. The summed E-state index contributed by atoms with van der Waals surface area (Å²) in [7, 11) is 0. The molecule has 90 valence electrons. The van der Waals surface area contributed by atoms with E-state index in [0.717, 1.165) is 6.42 Å². The molecule has 2 aromatic rings. The number of hydrogen-bond donors (Lipinski definition) is 1. The molecule has 1 aromatic heterocycles. The summed E-state index contributed by atoms with van der Waals surface area (Å²) in [6.45, 7) is 1.96. The van der Waals surface area contributed by atoms with Gasteiger partial charge >= 0.3 is 0 Å².